The van der Waals surface area contributed by atoms with Gasteiger partial charge in [-0.3, -0.25) is 19.8 Å². The Morgan fingerprint density at radius 2 is 1.92 bits per heavy atom. The summed E-state index contributed by atoms with van der Waals surface area (Å²) in [6.07, 6.45) is 0. The van der Waals surface area contributed by atoms with Gasteiger partial charge in [0.1, 0.15) is 5.69 Å². The molecular weight excluding hydrogens is 353 g/mol. The van der Waals surface area contributed by atoms with Crippen molar-refractivity contribution in [3.05, 3.63) is 68.2 Å². The van der Waals surface area contributed by atoms with E-state index in [1.165, 1.54) is 18.2 Å². The van der Waals surface area contributed by atoms with Crippen LogP contribution in [0.4, 0.5) is 11.4 Å². The number of rotatable bonds is 6. The van der Waals surface area contributed by atoms with Crippen molar-refractivity contribution in [3.63, 3.8) is 0 Å². The zero-order chi connectivity index (χ0) is 17.7. The van der Waals surface area contributed by atoms with Crippen LogP contribution in [-0.2, 0) is 11.3 Å². The van der Waals surface area contributed by atoms with Gasteiger partial charge in [-0.2, -0.15) is 0 Å². The molecule has 0 fully saturated rings. The van der Waals surface area contributed by atoms with E-state index in [9.17, 15) is 14.9 Å². The first-order chi connectivity index (χ1) is 11.3. The first kappa shape index (κ1) is 18.2. The number of nitrogens with one attached hydrogen (secondary N) is 1. The molecule has 0 bridgehead atoms. The molecular formula is C16H15Cl2N3O3. The van der Waals surface area contributed by atoms with Crippen molar-refractivity contribution in [3.8, 4) is 0 Å². The Morgan fingerprint density at radius 1 is 1.21 bits per heavy atom. The number of hydrogen-bond donors (Lipinski definition) is 1. The lowest BCUT2D eigenvalue weighted by Crippen LogP contribution is -2.30. The number of nitrogens with zero attached hydrogens (tertiary/aromatic N) is 2. The molecule has 24 heavy (non-hydrogen) atoms. The molecule has 0 aliphatic heterocycles. The minimum Gasteiger partial charge on any atom is -0.319 e. The van der Waals surface area contributed by atoms with Crippen LogP contribution in [0.5, 0.6) is 0 Å². The molecule has 0 aliphatic rings. The summed E-state index contributed by atoms with van der Waals surface area (Å²) in [7, 11) is 1.77. The van der Waals surface area contributed by atoms with Gasteiger partial charge in [-0.05, 0) is 36.9 Å². The minimum absolute atomic E-state index is 0.0757. The number of anilines is 1. The highest BCUT2D eigenvalue weighted by molar-refractivity contribution is 6.31. The number of nitro benzene ring substituents is 1. The van der Waals surface area contributed by atoms with Crippen LogP contribution in [0.25, 0.3) is 0 Å². The predicted molar refractivity (Wildman–Crippen MR) is 94.5 cm³/mol. The fourth-order valence-electron chi connectivity index (χ4n) is 2.20. The van der Waals surface area contributed by atoms with E-state index in [0.717, 1.165) is 5.56 Å². The van der Waals surface area contributed by atoms with Gasteiger partial charge in [-0.25, -0.2) is 0 Å². The summed E-state index contributed by atoms with van der Waals surface area (Å²) < 4.78 is 0. The van der Waals surface area contributed by atoms with Gasteiger partial charge >= 0.3 is 0 Å². The zero-order valence-corrected chi connectivity index (χ0v) is 14.3. The van der Waals surface area contributed by atoms with E-state index < -0.39 is 4.92 Å². The molecule has 0 saturated heterocycles. The summed E-state index contributed by atoms with van der Waals surface area (Å²) in [5.74, 6) is -0.357. The summed E-state index contributed by atoms with van der Waals surface area (Å²) in [6.45, 7) is 0.600. The molecule has 8 heteroatoms. The molecule has 0 heterocycles. The summed E-state index contributed by atoms with van der Waals surface area (Å²) in [5, 5.41) is 14.4. The van der Waals surface area contributed by atoms with Crippen molar-refractivity contribution in [2.45, 2.75) is 6.54 Å². The fourth-order valence-corrected chi connectivity index (χ4v) is 2.58. The molecule has 2 rings (SSSR count). The summed E-state index contributed by atoms with van der Waals surface area (Å²) in [4.78, 5) is 24.3. The second kappa shape index (κ2) is 8.10. The number of amides is 1. The normalized spacial score (nSPS) is 10.7. The number of halogens is 2. The van der Waals surface area contributed by atoms with Crippen LogP contribution in [0.15, 0.2) is 42.5 Å². The third kappa shape index (κ3) is 5.19. The summed E-state index contributed by atoms with van der Waals surface area (Å²) in [5.41, 5.74) is 0.842. The molecule has 2 aromatic rings. The molecule has 0 unspecified atom stereocenters. The smallest absolute Gasteiger partial charge is 0.294 e. The lowest BCUT2D eigenvalue weighted by molar-refractivity contribution is -0.383. The Morgan fingerprint density at radius 3 is 2.58 bits per heavy atom. The van der Waals surface area contributed by atoms with Gasteiger partial charge in [-0.15, -0.1) is 0 Å². The molecule has 0 atom stereocenters. The van der Waals surface area contributed by atoms with E-state index in [4.69, 9.17) is 23.2 Å². The van der Waals surface area contributed by atoms with Gasteiger partial charge in [0.2, 0.25) is 5.91 Å². The highest BCUT2D eigenvalue weighted by Crippen LogP contribution is 2.27. The Labute approximate surface area is 149 Å². The van der Waals surface area contributed by atoms with Crippen molar-refractivity contribution >= 4 is 40.5 Å². The van der Waals surface area contributed by atoms with E-state index in [-0.39, 0.29) is 28.8 Å². The second-order valence-electron chi connectivity index (χ2n) is 5.27. The van der Waals surface area contributed by atoms with Crippen molar-refractivity contribution < 1.29 is 9.72 Å². The maximum atomic E-state index is 12.1. The third-order valence-corrected chi connectivity index (χ3v) is 3.66. The molecule has 0 radical (unpaired) electrons. The third-order valence-electron chi connectivity index (χ3n) is 3.19. The van der Waals surface area contributed by atoms with Crippen LogP contribution >= 0.6 is 23.2 Å². The van der Waals surface area contributed by atoms with E-state index >= 15 is 0 Å². The zero-order valence-electron chi connectivity index (χ0n) is 12.8. The lowest BCUT2D eigenvalue weighted by atomic mass is 10.2. The number of carbonyl (C=O) groups excluding carboxylic acids is 1. The van der Waals surface area contributed by atoms with E-state index in [1.807, 2.05) is 18.2 Å². The standard InChI is InChI=1S/C16H15Cl2N3O3/c1-20(9-11-3-2-4-12(17)7-11)10-16(22)19-14-6-5-13(18)8-15(14)21(23)24/h2-8H,9-10H2,1H3,(H,19,22). The number of carbonyl (C=O) groups is 1. The molecule has 0 aromatic heterocycles. The molecule has 0 spiro atoms. The molecule has 2 aromatic carbocycles. The van der Waals surface area contributed by atoms with Crippen LogP contribution in [0.2, 0.25) is 10.0 Å². The van der Waals surface area contributed by atoms with Crippen molar-refractivity contribution in [2.75, 3.05) is 18.9 Å². The highest BCUT2D eigenvalue weighted by Gasteiger charge is 2.17. The van der Waals surface area contributed by atoms with Crippen LogP contribution in [0.3, 0.4) is 0 Å². The van der Waals surface area contributed by atoms with Crippen LogP contribution < -0.4 is 5.32 Å². The average molecular weight is 368 g/mol. The van der Waals surface area contributed by atoms with Crippen molar-refractivity contribution in [2.24, 2.45) is 0 Å². The highest BCUT2D eigenvalue weighted by atomic mass is 35.5. The Hall–Kier alpha value is -2.15. The van der Waals surface area contributed by atoms with E-state index in [0.29, 0.717) is 11.6 Å². The maximum absolute atomic E-state index is 12.1. The topological polar surface area (TPSA) is 75.5 Å². The minimum atomic E-state index is -0.586. The number of nitro groups is 1. The Balaban J connectivity index is 1.99. The van der Waals surface area contributed by atoms with Crippen LogP contribution in [-0.4, -0.2) is 29.3 Å². The molecule has 0 aliphatic carbocycles. The summed E-state index contributed by atoms with van der Waals surface area (Å²) in [6, 6.07) is 11.4. The van der Waals surface area contributed by atoms with Gasteiger partial charge in [0.15, 0.2) is 0 Å². The quantitative estimate of drug-likeness (QED) is 0.618. The number of benzene rings is 2. The Bertz CT molecular complexity index is 768. The first-order valence-corrected chi connectivity index (χ1v) is 7.77. The SMILES string of the molecule is CN(CC(=O)Nc1ccc(Cl)cc1[N+](=O)[O-])Cc1cccc(Cl)c1. The average Bonchev–Trinajstić information content (AvgIpc) is 2.48. The largest absolute Gasteiger partial charge is 0.319 e. The first-order valence-electron chi connectivity index (χ1n) is 7.02. The van der Waals surface area contributed by atoms with E-state index in [1.54, 1.807) is 18.0 Å². The number of hydrogen-bond acceptors (Lipinski definition) is 4. The van der Waals surface area contributed by atoms with Gasteiger partial charge in [-0.1, -0.05) is 35.3 Å². The Kier molecular flexibility index (Phi) is 6.14. The van der Waals surface area contributed by atoms with Crippen LogP contribution in [0.1, 0.15) is 5.56 Å². The number of likely N-dealkylation sites (N-methyl/N-ethyl adjacent to an activating group) is 1. The predicted octanol–water partition coefficient (Wildman–Crippen LogP) is 3.97. The van der Waals surface area contributed by atoms with Gasteiger partial charge in [0.05, 0.1) is 11.5 Å². The van der Waals surface area contributed by atoms with E-state index in [2.05, 4.69) is 5.32 Å². The van der Waals surface area contributed by atoms with Crippen LogP contribution in [0, 0.1) is 10.1 Å². The molecule has 126 valence electrons. The van der Waals surface area contributed by atoms with Gasteiger partial charge < -0.3 is 5.32 Å². The van der Waals surface area contributed by atoms with Gasteiger partial charge in [0.25, 0.3) is 5.69 Å². The monoisotopic (exact) mass is 367 g/mol. The maximum Gasteiger partial charge on any atom is 0.294 e. The van der Waals surface area contributed by atoms with Crippen molar-refractivity contribution in [1.29, 1.82) is 0 Å². The molecule has 1 amide bonds. The molecule has 6 nitrogen and oxygen atoms in total. The second-order valence-corrected chi connectivity index (χ2v) is 6.14. The molecule has 1 N–H and O–H groups in total. The fraction of sp³-hybridized carbons (Fsp3) is 0.188. The summed E-state index contributed by atoms with van der Waals surface area (Å²) >= 11 is 11.7. The lowest BCUT2D eigenvalue weighted by Gasteiger charge is -2.16. The molecule has 0 saturated carbocycles. The van der Waals surface area contributed by atoms with Gasteiger partial charge in [0, 0.05) is 22.7 Å². The van der Waals surface area contributed by atoms with Crippen molar-refractivity contribution in [1.82, 2.24) is 4.90 Å².